The Morgan fingerprint density at radius 3 is 3.06 bits per heavy atom. The summed E-state index contributed by atoms with van der Waals surface area (Å²) in [5.74, 6) is 0.576. The maximum absolute atomic E-state index is 8.79. The van der Waals surface area contributed by atoms with Crippen LogP contribution in [-0.4, -0.2) is 26.8 Å². The lowest BCUT2D eigenvalue weighted by Crippen LogP contribution is -2.21. The molecule has 1 saturated heterocycles. The molecule has 3 nitrogen and oxygen atoms in total. The van der Waals surface area contributed by atoms with Crippen LogP contribution >= 0.6 is 11.6 Å². The fourth-order valence-corrected chi connectivity index (χ4v) is 2.56. The molecule has 90 valence electrons. The topological polar surface area (TPSA) is 36.3 Å². The monoisotopic (exact) mass is 250 g/mol. The Balaban J connectivity index is 2.11. The largest absolute Gasteiger partial charge is 0.384 e. The summed E-state index contributed by atoms with van der Waals surface area (Å²) in [6, 6.07) is 7.55. The van der Waals surface area contributed by atoms with E-state index in [0.29, 0.717) is 16.5 Å². The standard InChI is InChI=1S/C13H15ClN2O/c1-17-9-11-4-5-16(8-11)13-3-2-10(7-15)6-12(13)14/h2-3,6,11H,4-5,8-9H2,1H3. The Morgan fingerprint density at radius 1 is 1.59 bits per heavy atom. The first-order chi connectivity index (χ1) is 8.24. The van der Waals surface area contributed by atoms with Gasteiger partial charge in [0.15, 0.2) is 0 Å². The maximum Gasteiger partial charge on any atom is 0.0992 e. The van der Waals surface area contributed by atoms with Crippen molar-refractivity contribution in [3.05, 3.63) is 28.8 Å². The molecule has 0 bridgehead atoms. The van der Waals surface area contributed by atoms with E-state index in [1.807, 2.05) is 12.1 Å². The molecule has 2 rings (SSSR count). The van der Waals surface area contributed by atoms with Gasteiger partial charge in [0.2, 0.25) is 0 Å². The van der Waals surface area contributed by atoms with E-state index >= 15 is 0 Å². The van der Waals surface area contributed by atoms with Gasteiger partial charge in [-0.15, -0.1) is 0 Å². The number of hydrogen-bond donors (Lipinski definition) is 0. The van der Waals surface area contributed by atoms with Gasteiger partial charge in [-0.05, 0) is 24.6 Å². The summed E-state index contributed by atoms with van der Waals surface area (Å²) in [6.45, 7) is 2.77. The minimum absolute atomic E-state index is 0.576. The van der Waals surface area contributed by atoms with Crippen LogP contribution in [0.3, 0.4) is 0 Å². The van der Waals surface area contributed by atoms with Crippen molar-refractivity contribution in [3.8, 4) is 6.07 Å². The summed E-state index contributed by atoms with van der Waals surface area (Å²) >= 11 is 6.19. The van der Waals surface area contributed by atoms with Gasteiger partial charge in [0.1, 0.15) is 0 Å². The fourth-order valence-electron chi connectivity index (χ4n) is 2.26. The van der Waals surface area contributed by atoms with E-state index in [9.17, 15) is 0 Å². The first-order valence-corrected chi connectivity index (χ1v) is 6.06. The Kier molecular flexibility index (Phi) is 3.88. The van der Waals surface area contributed by atoms with Gasteiger partial charge in [0.05, 0.1) is 28.9 Å². The van der Waals surface area contributed by atoms with Crippen LogP contribution < -0.4 is 4.90 Å². The average molecular weight is 251 g/mol. The molecule has 0 N–H and O–H groups in total. The zero-order valence-corrected chi connectivity index (χ0v) is 10.6. The van der Waals surface area contributed by atoms with Crippen molar-refractivity contribution in [1.29, 1.82) is 5.26 Å². The van der Waals surface area contributed by atoms with E-state index in [1.165, 1.54) is 0 Å². The number of anilines is 1. The number of ether oxygens (including phenoxy) is 1. The Labute approximate surface area is 107 Å². The van der Waals surface area contributed by atoms with Gasteiger partial charge in [-0.1, -0.05) is 11.6 Å². The minimum Gasteiger partial charge on any atom is -0.384 e. The molecule has 1 aliphatic rings. The van der Waals surface area contributed by atoms with Crippen molar-refractivity contribution in [1.82, 2.24) is 0 Å². The summed E-state index contributed by atoms with van der Waals surface area (Å²) in [5, 5.41) is 9.45. The van der Waals surface area contributed by atoms with Gasteiger partial charge in [-0.25, -0.2) is 0 Å². The summed E-state index contributed by atoms with van der Waals surface area (Å²) in [7, 11) is 1.73. The number of halogens is 1. The molecule has 0 aliphatic carbocycles. The lowest BCUT2D eigenvalue weighted by molar-refractivity contribution is 0.161. The maximum atomic E-state index is 8.79. The van der Waals surface area contributed by atoms with Crippen molar-refractivity contribution >= 4 is 17.3 Å². The molecule has 0 aromatic heterocycles. The van der Waals surface area contributed by atoms with Crippen LogP contribution in [0, 0.1) is 17.2 Å². The zero-order chi connectivity index (χ0) is 12.3. The molecule has 1 heterocycles. The summed E-state index contributed by atoms with van der Waals surface area (Å²) in [4.78, 5) is 2.26. The van der Waals surface area contributed by atoms with Crippen LogP contribution in [0.25, 0.3) is 0 Å². The lowest BCUT2D eigenvalue weighted by atomic mass is 10.1. The number of nitrogens with zero attached hydrogens (tertiary/aromatic N) is 2. The first-order valence-electron chi connectivity index (χ1n) is 5.68. The summed E-state index contributed by atoms with van der Waals surface area (Å²) < 4.78 is 5.17. The van der Waals surface area contributed by atoms with E-state index in [2.05, 4.69) is 11.0 Å². The van der Waals surface area contributed by atoms with E-state index in [-0.39, 0.29) is 0 Å². The second-order valence-corrected chi connectivity index (χ2v) is 4.74. The number of hydrogen-bond acceptors (Lipinski definition) is 3. The van der Waals surface area contributed by atoms with Crippen molar-refractivity contribution in [2.75, 3.05) is 31.7 Å². The normalized spacial score (nSPS) is 19.4. The van der Waals surface area contributed by atoms with Crippen LogP contribution in [0.4, 0.5) is 5.69 Å². The number of rotatable bonds is 3. The SMILES string of the molecule is COCC1CCN(c2ccc(C#N)cc2Cl)C1. The van der Waals surface area contributed by atoms with Crippen LogP contribution in [-0.2, 0) is 4.74 Å². The molecule has 0 amide bonds. The van der Waals surface area contributed by atoms with Crippen LogP contribution in [0.15, 0.2) is 18.2 Å². The number of benzene rings is 1. The fraction of sp³-hybridized carbons (Fsp3) is 0.462. The molecular weight excluding hydrogens is 236 g/mol. The van der Waals surface area contributed by atoms with E-state index in [1.54, 1.807) is 13.2 Å². The van der Waals surface area contributed by atoms with E-state index in [4.69, 9.17) is 21.6 Å². The quantitative estimate of drug-likeness (QED) is 0.828. The molecule has 1 atom stereocenters. The molecule has 1 aliphatic heterocycles. The third-order valence-electron chi connectivity index (χ3n) is 3.11. The van der Waals surface area contributed by atoms with Crippen molar-refractivity contribution in [3.63, 3.8) is 0 Å². The van der Waals surface area contributed by atoms with Gasteiger partial charge in [0.25, 0.3) is 0 Å². The molecule has 1 fully saturated rings. The second kappa shape index (κ2) is 5.39. The van der Waals surface area contributed by atoms with Crippen LogP contribution in [0.5, 0.6) is 0 Å². The lowest BCUT2D eigenvalue weighted by Gasteiger charge is -2.20. The van der Waals surface area contributed by atoms with Gasteiger partial charge in [-0.2, -0.15) is 5.26 Å². The molecule has 17 heavy (non-hydrogen) atoms. The summed E-state index contributed by atoms with van der Waals surface area (Å²) in [5.41, 5.74) is 1.62. The molecule has 1 aromatic carbocycles. The molecule has 4 heteroatoms. The molecule has 0 saturated carbocycles. The van der Waals surface area contributed by atoms with Crippen LogP contribution in [0.2, 0.25) is 5.02 Å². The third kappa shape index (κ3) is 2.71. The first kappa shape index (κ1) is 12.2. The van der Waals surface area contributed by atoms with E-state index < -0.39 is 0 Å². The Hall–Kier alpha value is -1.24. The number of methoxy groups -OCH3 is 1. The highest BCUT2D eigenvalue weighted by atomic mass is 35.5. The predicted molar refractivity (Wildman–Crippen MR) is 68.4 cm³/mol. The molecule has 0 spiro atoms. The number of nitriles is 1. The van der Waals surface area contributed by atoms with Gasteiger partial charge in [0, 0.05) is 26.1 Å². The van der Waals surface area contributed by atoms with Crippen molar-refractivity contribution in [2.45, 2.75) is 6.42 Å². The highest BCUT2D eigenvalue weighted by Gasteiger charge is 2.23. The third-order valence-corrected chi connectivity index (χ3v) is 3.41. The van der Waals surface area contributed by atoms with Crippen molar-refractivity contribution in [2.24, 2.45) is 5.92 Å². The van der Waals surface area contributed by atoms with Gasteiger partial charge in [-0.3, -0.25) is 0 Å². The molecular formula is C13H15ClN2O. The van der Waals surface area contributed by atoms with Crippen molar-refractivity contribution < 1.29 is 4.74 Å². The van der Waals surface area contributed by atoms with Crippen LogP contribution in [0.1, 0.15) is 12.0 Å². The smallest absolute Gasteiger partial charge is 0.0992 e. The average Bonchev–Trinajstić information content (AvgIpc) is 2.78. The highest BCUT2D eigenvalue weighted by molar-refractivity contribution is 6.33. The minimum atomic E-state index is 0.576. The summed E-state index contributed by atoms with van der Waals surface area (Å²) in [6.07, 6.45) is 1.13. The predicted octanol–water partition coefficient (Wildman–Crippen LogP) is 2.68. The highest BCUT2D eigenvalue weighted by Crippen LogP contribution is 2.31. The Bertz CT molecular complexity index is 442. The molecule has 1 aromatic rings. The van der Waals surface area contributed by atoms with E-state index in [0.717, 1.165) is 31.8 Å². The molecule has 1 unspecified atom stereocenters. The Morgan fingerprint density at radius 2 is 2.41 bits per heavy atom. The van der Waals surface area contributed by atoms with Gasteiger partial charge < -0.3 is 9.64 Å². The second-order valence-electron chi connectivity index (χ2n) is 4.33. The van der Waals surface area contributed by atoms with Gasteiger partial charge >= 0.3 is 0 Å². The zero-order valence-electron chi connectivity index (χ0n) is 9.82. The molecule has 0 radical (unpaired) electrons.